The Morgan fingerprint density at radius 2 is 2.20 bits per heavy atom. The Morgan fingerprint density at radius 1 is 1.40 bits per heavy atom. The van der Waals surface area contributed by atoms with E-state index >= 15 is 0 Å². The molecule has 108 valence electrons. The zero-order valence-corrected chi connectivity index (χ0v) is 13.0. The van der Waals surface area contributed by atoms with Gasteiger partial charge >= 0.3 is 0 Å². The molecule has 1 atom stereocenters. The van der Waals surface area contributed by atoms with Crippen molar-refractivity contribution in [3.63, 3.8) is 0 Å². The smallest absolute Gasteiger partial charge is 0.134 e. The van der Waals surface area contributed by atoms with Gasteiger partial charge in [0.2, 0.25) is 0 Å². The number of thiophene rings is 1. The molecular formula is C15H17ClFNOS. The van der Waals surface area contributed by atoms with Crippen LogP contribution in [0.1, 0.15) is 29.8 Å². The molecule has 20 heavy (non-hydrogen) atoms. The number of methoxy groups -OCH3 is 1. The predicted molar refractivity (Wildman–Crippen MR) is 82.4 cm³/mol. The van der Waals surface area contributed by atoms with Crippen molar-refractivity contribution in [2.24, 2.45) is 0 Å². The number of hydrogen-bond acceptors (Lipinski definition) is 3. The molecule has 2 rings (SSSR count). The molecule has 0 saturated heterocycles. The standard InChI is InChI=1S/C15H17ClFNOS/c1-3-7-18-14(15-13(19-2)6-8-20-15)11-9-10(17)4-5-12(11)16/h4-6,8-9,14,18H,3,7H2,1-2H3. The molecule has 1 aromatic heterocycles. The third-order valence-corrected chi connectivity index (χ3v) is 4.31. The van der Waals surface area contributed by atoms with Crippen molar-refractivity contribution in [3.8, 4) is 5.75 Å². The Labute approximate surface area is 127 Å². The van der Waals surface area contributed by atoms with E-state index in [4.69, 9.17) is 16.3 Å². The summed E-state index contributed by atoms with van der Waals surface area (Å²) in [6.07, 6.45) is 0.983. The molecule has 2 aromatic rings. The van der Waals surface area contributed by atoms with Gasteiger partial charge in [0.15, 0.2) is 0 Å². The van der Waals surface area contributed by atoms with Gasteiger partial charge in [-0.25, -0.2) is 4.39 Å². The van der Waals surface area contributed by atoms with Crippen molar-refractivity contribution < 1.29 is 9.13 Å². The lowest BCUT2D eigenvalue weighted by Gasteiger charge is -2.20. The maximum absolute atomic E-state index is 13.5. The van der Waals surface area contributed by atoms with Crippen LogP contribution in [0, 0.1) is 5.82 Å². The molecule has 0 saturated carbocycles. The molecule has 0 aliphatic carbocycles. The van der Waals surface area contributed by atoms with E-state index in [9.17, 15) is 4.39 Å². The predicted octanol–water partition coefficient (Wildman–Crippen LogP) is 4.64. The fraction of sp³-hybridized carbons (Fsp3) is 0.333. The average molecular weight is 314 g/mol. The number of benzene rings is 1. The fourth-order valence-corrected chi connectivity index (χ4v) is 3.24. The lowest BCUT2D eigenvalue weighted by Crippen LogP contribution is -2.23. The zero-order valence-electron chi connectivity index (χ0n) is 11.5. The topological polar surface area (TPSA) is 21.3 Å². The molecule has 1 N–H and O–H groups in total. The average Bonchev–Trinajstić information content (AvgIpc) is 2.91. The number of halogens is 2. The first-order valence-electron chi connectivity index (χ1n) is 6.47. The molecule has 0 amide bonds. The number of ether oxygens (including phenoxy) is 1. The molecule has 1 unspecified atom stereocenters. The first kappa shape index (κ1) is 15.3. The summed E-state index contributed by atoms with van der Waals surface area (Å²) in [5.41, 5.74) is 0.737. The van der Waals surface area contributed by atoms with E-state index in [2.05, 4.69) is 12.2 Å². The Hall–Kier alpha value is -1.10. The van der Waals surface area contributed by atoms with Crippen LogP contribution in [0.5, 0.6) is 5.75 Å². The van der Waals surface area contributed by atoms with Crippen LogP contribution < -0.4 is 10.1 Å². The molecule has 0 radical (unpaired) electrons. The minimum Gasteiger partial charge on any atom is -0.496 e. The van der Waals surface area contributed by atoms with Crippen LogP contribution in [-0.4, -0.2) is 13.7 Å². The van der Waals surface area contributed by atoms with Crippen LogP contribution >= 0.6 is 22.9 Å². The van der Waals surface area contributed by atoms with Gasteiger partial charge in [0.25, 0.3) is 0 Å². The summed E-state index contributed by atoms with van der Waals surface area (Å²) in [5.74, 6) is 0.507. The van der Waals surface area contributed by atoms with E-state index < -0.39 is 0 Å². The van der Waals surface area contributed by atoms with Crippen LogP contribution in [-0.2, 0) is 0 Å². The maximum Gasteiger partial charge on any atom is 0.134 e. The van der Waals surface area contributed by atoms with Gasteiger partial charge in [-0.05, 0) is 48.2 Å². The number of nitrogens with one attached hydrogen (secondary N) is 1. The van der Waals surface area contributed by atoms with Crippen LogP contribution in [0.15, 0.2) is 29.6 Å². The van der Waals surface area contributed by atoms with E-state index in [0.717, 1.165) is 29.2 Å². The van der Waals surface area contributed by atoms with E-state index in [0.29, 0.717) is 5.02 Å². The highest BCUT2D eigenvalue weighted by atomic mass is 35.5. The number of rotatable bonds is 6. The van der Waals surface area contributed by atoms with E-state index in [1.807, 2.05) is 11.4 Å². The second-order valence-corrected chi connectivity index (χ2v) is 5.76. The fourth-order valence-electron chi connectivity index (χ4n) is 2.06. The summed E-state index contributed by atoms with van der Waals surface area (Å²) >= 11 is 7.81. The normalized spacial score (nSPS) is 12.4. The van der Waals surface area contributed by atoms with Gasteiger partial charge in [-0.15, -0.1) is 11.3 Å². The van der Waals surface area contributed by atoms with Crippen LogP contribution in [0.2, 0.25) is 5.02 Å². The molecule has 2 nitrogen and oxygen atoms in total. The van der Waals surface area contributed by atoms with Gasteiger partial charge in [0.05, 0.1) is 18.0 Å². The van der Waals surface area contributed by atoms with Gasteiger partial charge in [-0.2, -0.15) is 0 Å². The Morgan fingerprint density at radius 3 is 2.90 bits per heavy atom. The second-order valence-electron chi connectivity index (χ2n) is 4.41. The van der Waals surface area contributed by atoms with E-state index in [1.165, 1.54) is 12.1 Å². The first-order chi connectivity index (χ1) is 9.67. The minimum absolute atomic E-state index is 0.159. The maximum atomic E-state index is 13.5. The molecule has 1 heterocycles. The van der Waals surface area contributed by atoms with Crippen molar-refractivity contribution in [1.29, 1.82) is 0 Å². The van der Waals surface area contributed by atoms with E-state index in [-0.39, 0.29) is 11.9 Å². The SMILES string of the molecule is CCCNC(c1cc(F)ccc1Cl)c1sccc1OC. The third-order valence-electron chi connectivity index (χ3n) is 3.01. The highest BCUT2D eigenvalue weighted by Crippen LogP contribution is 2.37. The molecule has 1 aromatic carbocycles. The summed E-state index contributed by atoms with van der Waals surface area (Å²) in [5, 5.41) is 5.92. The molecular weight excluding hydrogens is 297 g/mol. The Balaban J connectivity index is 2.44. The van der Waals surface area contributed by atoms with Crippen molar-refractivity contribution in [1.82, 2.24) is 5.32 Å². The van der Waals surface area contributed by atoms with Crippen LogP contribution in [0.3, 0.4) is 0 Å². The molecule has 0 spiro atoms. The molecule has 0 aliphatic rings. The molecule has 0 aliphatic heterocycles. The highest BCUT2D eigenvalue weighted by Gasteiger charge is 2.21. The largest absolute Gasteiger partial charge is 0.496 e. The summed E-state index contributed by atoms with van der Waals surface area (Å²) < 4.78 is 18.9. The number of hydrogen-bond donors (Lipinski definition) is 1. The zero-order chi connectivity index (χ0) is 14.5. The van der Waals surface area contributed by atoms with Gasteiger partial charge in [0.1, 0.15) is 11.6 Å². The third kappa shape index (κ3) is 3.32. The first-order valence-corrected chi connectivity index (χ1v) is 7.72. The summed E-state index contributed by atoms with van der Waals surface area (Å²) in [4.78, 5) is 1.01. The molecule has 0 fully saturated rings. The minimum atomic E-state index is -0.289. The lowest BCUT2D eigenvalue weighted by atomic mass is 10.0. The summed E-state index contributed by atoms with van der Waals surface area (Å²) in [6.45, 7) is 2.90. The van der Waals surface area contributed by atoms with Crippen molar-refractivity contribution in [3.05, 3.63) is 50.9 Å². The van der Waals surface area contributed by atoms with Crippen molar-refractivity contribution in [2.75, 3.05) is 13.7 Å². The van der Waals surface area contributed by atoms with Crippen molar-refractivity contribution in [2.45, 2.75) is 19.4 Å². The van der Waals surface area contributed by atoms with Crippen LogP contribution in [0.4, 0.5) is 4.39 Å². The molecule has 0 bridgehead atoms. The monoisotopic (exact) mass is 313 g/mol. The second kappa shape index (κ2) is 7.07. The van der Waals surface area contributed by atoms with Gasteiger partial charge in [0, 0.05) is 5.02 Å². The summed E-state index contributed by atoms with van der Waals surface area (Å²) in [7, 11) is 1.63. The Bertz CT molecular complexity index is 573. The molecule has 5 heteroatoms. The van der Waals surface area contributed by atoms with Gasteiger partial charge in [-0.3, -0.25) is 0 Å². The van der Waals surface area contributed by atoms with Crippen LogP contribution in [0.25, 0.3) is 0 Å². The Kier molecular flexibility index (Phi) is 5.40. The van der Waals surface area contributed by atoms with E-state index in [1.54, 1.807) is 24.5 Å². The summed E-state index contributed by atoms with van der Waals surface area (Å²) in [6, 6.07) is 6.19. The van der Waals surface area contributed by atoms with Gasteiger partial charge < -0.3 is 10.1 Å². The quantitative estimate of drug-likeness (QED) is 0.839. The van der Waals surface area contributed by atoms with Gasteiger partial charge in [-0.1, -0.05) is 18.5 Å². The van der Waals surface area contributed by atoms with Crippen molar-refractivity contribution >= 4 is 22.9 Å². The lowest BCUT2D eigenvalue weighted by molar-refractivity contribution is 0.407. The highest BCUT2D eigenvalue weighted by molar-refractivity contribution is 7.10.